The third-order valence-electron chi connectivity index (χ3n) is 4.28. The van der Waals surface area contributed by atoms with E-state index < -0.39 is 45.6 Å². The van der Waals surface area contributed by atoms with Gasteiger partial charge in [0.1, 0.15) is 12.8 Å². The van der Waals surface area contributed by atoms with Crippen LogP contribution >= 0.6 is 23.2 Å². The average molecular weight is 478 g/mol. The zero-order valence-corrected chi connectivity index (χ0v) is 18.5. The minimum absolute atomic E-state index is 0.401. The molecule has 1 amide bonds. The van der Waals surface area contributed by atoms with E-state index in [1.165, 1.54) is 0 Å². The summed E-state index contributed by atoms with van der Waals surface area (Å²) in [7, 11) is -3.35. The van der Waals surface area contributed by atoms with Crippen molar-refractivity contribution in [2.75, 3.05) is 12.9 Å². The molecule has 0 aliphatic heterocycles. The molecule has 1 aromatic carbocycles. The Morgan fingerprint density at radius 1 is 1.17 bits per heavy atom. The second-order valence-electron chi connectivity index (χ2n) is 6.72. The van der Waals surface area contributed by atoms with E-state index in [2.05, 4.69) is 15.0 Å². The molecule has 1 heterocycles. The molecule has 0 radical (unpaired) electrons. The van der Waals surface area contributed by atoms with Crippen LogP contribution < -0.4 is 10.0 Å². The van der Waals surface area contributed by atoms with E-state index in [4.69, 9.17) is 23.2 Å². The number of halogens is 3. The lowest BCUT2D eigenvalue weighted by Gasteiger charge is -2.22. The number of nitrogens with zero attached hydrogens (tertiary/aromatic N) is 1. The molecule has 0 aliphatic carbocycles. The van der Waals surface area contributed by atoms with Gasteiger partial charge >= 0.3 is 0 Å². The Hall–Kier alpha value is -1.78. The third kappa shape index (κ3) is 6.88. The smallest absolute Gasteiger partial charge is 0.253 e. The van der Waals surface area contributed by atoms with Gasteiger partial charge in [-0.05, 0) is 24.1 Å². The lowest BCUT2D eigenvalue weighted by Crippen LogP contribution is -2.43. The number of amides is 1. The van der Waals surface area contributed by atoms with Gasteiger partial charge in [-0.2, -0.15) is 0 Å². The Morgan fingerprint density at radius 3 is 2.23 bits per heavy atom. The molecular weight excluding hydrogens is 456 g/mol. The van der Waals surface area contributed by atoms with E-state index in [0.717, 1.165) is 17.4 Å². The maximum atomic E-state index is 13.3. The summed E-state index contributed by atoms with van der Waals surface area (Å²) >= 11 is 10.9. The number of rotatable bonds is 9. The minimum atomic E-state index is -3.35. The van der Waals surface area contributed by atoms with E-state index >= 15 is 0 Å². The highest BCUT2D eigenvalue weighted by molar-refractivity contribution is 7.88. The fourth-order valence-electron chi connectivity index (χ4n) is 2.77. The van der Waals surface area contributed by atoms with Crippen LogP contribution in [0, 0.1) is 0 Å². The Labute approximate surface area is 184 Å². The minimum Gasteiger partial charge on any atom is -0.386 e. The molecule has 0 bridgehead atoms. The van der Waals surface area contributed by atoms with Crippen LogP contribution in [0.25, 0.3) is 11.1 Å². The number of carbonyl (C=O) groups excluding carboxylic acids is 1. The Kier molecular flexibility index (Phi) is 8.57. The van der Waals surface area contributed by atoms with Crippen LogP contribution in [0.4, 0.5) is 4.39 Å². The third-order valence-corrected chi connectivity index (χ3v) is 5.46. The number of aromatic nitrogens is 1. The van der Waals surface area contributed by atoms with Gasteiger partial charge in [-0.1, -0.05) is 53.5 Å². The van der Waals surface area contributed by atoms with Gasteiger partial charge in [0, 0.05) is 11.8 Å². The zero-order valence-electron chi connectivity index (χ0n) is 16.2. The first-order chi connectivity index (χ1) is 14.0. The molecule has 7 nitrogen and oxygen atoms in total. The van der Waals surface area contributed by atoms with Crippen molar-refractivity contribution < 1.29 is 22.7 Å². The molecule has 0 spiro atoms. The fraction of sp³-hybridized carbons (Fsp3) is 0.368. The number of nitrogens with one attached hydrogen (secondary N) is 2. The summed E-state index contributed by atoms with van der Waals surface area (Å²) in [6, 6.07) is 8.50. The normalized spacial score (nSPS) is 14.9. The van der Waals surface area contributed by atoms with Gasteiger partial charge in [-0.15, -0.1) is 0 Å². The number of carbonyl (C=O) groups is 1. The van der Waals surface area contributed by atoms with Crippen LogP contribution in [-0.4, -0.2) is 48.2 Å². The maximum Gasteiger partial charge on any atom is 0.253 e. The number of aliphatic hydroxyl groups excluding tert-OH is 1. The lowest BCUT2D eigenvalue weighted by molar-refractivity contribution is -0.121. The molecule has 2 rings (SSSR count). The first-order valence-corrected chi connectivity index (χ1v) is 11.6. The van der Waals surface area contributed by atoms with Crippen molar-refractivity contribution in [3.63, 3.8) is 0 Å². The molecule has 3 N–H and O–H groups in total. The van der Waals surface area contributed by atoms with E-state index in [1.807, 2.05) is 0 Å². The molecular formula is C19H22Cl2FN3O4S. The van der Waals surface area contributed by atoms with Crippen molar-refractivity contribution in [1.82, 2.24) is 15.0 Å². The highest BCUT2D eigenvalue weighted by atomic mass is 35.5. The summed E-state index contributed by atoms with van der Waals surface area (Å²) < 4.78 is 38.4. The Bertz CT molecular complexity index is 957. The number of aliphatic hydroxyl groups is 1. The summed E-state index contributed by atoms with van der Waals surface area (Å²) in [4.78, 5) is 14.5. The Balaban J connectivity index is 2.12. The summed E-state index contributed by atoms with van der Waals surface area (Å²) in [5.41, 5.74) is 2.53. The number of hydrogen-bond acceptors (Lipinski definition) is 5. The van der Waals surface area contributed by atoms with Crippen LogP contribution in [0.3, 0.4) is 0 Å². The van der Waals surface area contributed by atoms with Crippen LogP contribution in [0.2, 0.25) is 0 Å². The number of hydrogen-bond donors (Lipinski definition) is 3. The number of alkyl halides is 3. The van der Waals surface area contributed by atoms with Gasteiger partial charge in [0.2, 0.25) is 10.0 Å². The first kappa shape index (κ1) is 24.5. The predicted octanol–water partition coefficient (Wildman–Crippen LogP) is 2.65. The molecule has 3 atom stereocenters. The molecule has 1 aromatic heterocycles. The van der Waals surface area contributed by atoms with Gasteiger partial charge in [0.05, 0.1) is 24.0 Å². The molecule has 0 saturated carbocycles. The molecule has 0 aliphatic rings. The van der Waals surface area contributed by atoms with Crippen molar-refractivity contribution in [3.05, 3.63) is 53.9 Å². The van der Waals surface area contributed by atoms with Crippen molar-refractivity contribution in [2.24, 2.45) is 0 Å². The second-order valence-corrected chi connectivity index (χ2v) is 9.60. The number of benzene rings is 1. The molecule has 0 saturated heterocycles. The SMILES string of the molecule is CC(NS(C)(=O)=O)c1ccc(-c2ccc(C(O)C(CF)NC(=O)C(Cl)Cl)cc2)cn1. The van der Waals surface area contributed by atoms with Crippen molar-refractivity contribution in [2.45, 2.75) is 29.9 Å². The summed E-state index contributed by atoms with van der Waals surface area (Å²) in [5, 5.41) is 12.6. The largest absolute Gasteiger partial charge is 0.386 e. The van der Waals surface area contributed by atoms with Crippen molar-refractivity contribution in [3.8, 4) is 11.1 Å². The average Bonchev–Trinajstić information content (AvgIpc) is 2.70. The highest BCUT2D eigenvalue weighted by Crippen LogP contribution is 2.24. The molecule has 0 fully saturated rings. The van der Waals surface area contributed by atoms with Gasteiger partial charge < -0.3 is 10.4 Å². The van der Waals surface area contributed by atoms with E-state index in [1.54, 1.807) is 49.5 Å². The van der Waals surface area contributed by atoms with E-state index in [9.17, 15) is 22.7 Å². The number of sulfonamides is 1. The highest BCUT2D eigenvalue weighted by Gasteiger charge is 2.25. The van der Waals surface area contributed by atoms with Crippen LogP contribution in [-0.2, 0) is 14.8 Å². The van der Waals surface area contributed by atoms with Gasteiger partial charge in [0.15, 0.2) is 4.84 Å². The van der Waals surface area contributed by atoms with Crippen LogP contribution in [0.1, 0.15) is 30.3 Å². The lowest BCUT2D eigenvalue weighted by atomic mass is 9.99. The van der Waals surface area contributed by atoms with Gasteiger partial charge in [0.25, 0.3) is 5.91 Å². The summed E-state index contributed by atoms with van der Waals surface area (Å²) in [5.74, 6) is -0.789. The van der Waals surface area contributed by atoms with Crippen LogP contribution in [0.5, 0.6) is 0 Å². The number of pyridine rings is 1. The molecule has 2 aromatic rings. The molecule has 11 heteroatoms. The van der Waals surface area contributed by atoms with Gasteiger partial charge in [-0.25, -0.2) is 17.5 Å². The monoisotopic (exact) mass is 477 g/mol. The van der Waals surface area contributed by atoms with Crippen LogP contribution in [0.15, 0.2) is 42.6 Å². The predicted molar refractivity (Wildman–Crippen MR) is 114 cm³/mol. The summed E-state index contributed by atoms with van der Waals surface area (Å²) in [6.45, 7) is 0.691. The summed E-state index contributed by atoms with van der Waals surface area (Å²) in [6.07, 6.45) is 1.40. The van der Waals surface area contributed by atoms with E-state index in [-0.39, 0.29) is 0 Å². The molecule has 30 heavy (non-hydrogen) atoms. The van der Waals surface area contributed by atoms with Gasteiger partial charge in [-0.3, -0.25) is 9.78 Å². The van der Waals surface area contributed by atoms with E-state index in [0.29, 0.717) is 11.3 Å². The fourth-order valence-corrected chi connectivity index (χ4v) is 3.66. The quantitative estimate of drug-likeness (QED) is 0.481. The standard InChI is InChI=1S/C19H22Cl2FN3O4S/c1-11(25-30(2,28)29)15-8-7-14(10-23-15)12-3-5-13(6-4-12)17(26)16(9-22)24-19(27)18(20)21/h3-8,10-11,16-18,25-26H,9H2,1-2H3,(H,24,27). The molecule has 164 valence electrons. The Morgan fingerprint density at radius 2 is 1.77 bits per heavy atom. The second kappa shape index (κ2) is 10.5. The van der Waals surface area contributed by atoms with Crippen molar-refractivity contribution in [1.29, 1.82) is 0 Å². The topological polar surface area (TPSA) is 108 Å². The first-order valence-electron chi connectivity index (χ1n) is 8.88. The van der Waals surface area contributed by atoms with Crippen molar-refractivity contribution >= 4 is 39.1 Å². The molecule has 3 unspecified atom stereocenters. The zero-order chi connectivity index (χ0) is 22.5. The maximum absolute atomic E-state index is 13.3.